The maximum absolute atomic E-state index is 11.4. The van der Waals surface area contributed by atoms with Gasteiger partial charge in [0, 0.05) is 6.54 Å². The van der Waals surface area contributed by atoms with Crippen LogP contribution in [0.5, 0.6) is 0 Å². The molecular weight excluding hydrogens is 242 g/mol. The third kappa shape index (κ3) is 4.63. The molecule has 1 aromatic rings. The van der Waals surface area contributed by atoms with Crippen molar-refractivity contribution < 1.29 is 14.7 Å². The topological polar surface area (TPSA) is 102 Å². The Morgan fingerprint density at radius 2 is 2.29 bits per heavy atom. The van der Waals surface area contributed by atoms with Crippen LogP contribution < -0.4 is 10.6 Å². The summed E-state index contributed by atoms with van der Waals surface area (Å²) < 4.78 is 0. The molecule has 0 aliphatic carbocycles. The number of nitrogens with one attached hydrogen (secondary N) is 2. The van der Waals surface area contributed by atoms with Crippen LogP contribution in [0.15, 0.2) is 11.4 Å². The van der Waals surface area contributed by atoms with E-state index in [0.29, 0.717) is 10.6 Å². The quantitative estimate of drug-likeness (QED) is 0.645. The first-order chi connectivity index (χ1) is 8.13. The number of rotatable bonds is 6. The van der Waals surface area contributed by atoms with Gasteiger partial charge >= 0.3 is 5.97 Å². The lowest BCUT2D eigenvalue weighted by atomic mass is 10.3. The Bertz CT molecular complexity index is 450. The minimum Gasteiger partial charge on any atom is -0.481 e. The van der Waals surface area contributed by atoms with Crippen LogP contribution in [0.4, 0.5) is 5.00 Å². The van der Waals surface area contributed by atoms with Crippen molar-refractivity contribution in [1.29, 1.82) is 5.26 Å². The SMILES string of the molecule is N#Cc1ccsc1NC(=O)CNCCC(=O)O. The van der Waals surface area contributed by atoms with Gasteiger partial charge in [0.15, 0.2) is 0 Å². The number of nitriles is 1. The maximum Gasteiger partial charge on any atom is 0.304 e. The van der Waals surface area contributed by atoms with Gasteiger partial charge < -0.3 is 15.7 Å². The summed E-state index contributed by atoms with van der Waals surface area (Å²) in [5.74, 6) is -1.21. The third-order valence-corrected chi connectivity index (χ3v) is 2.67. The van der Waals surface area contributed by atoms with E-state index in [9.17, 15) is 9.59 Å². The molecule has 1 rings (SSSR count). The molecule has 1 amide bonds. The Morgan fingerprint density at radius 1 is 1.53 bits per heavy atom. The number of carbonyl (C=O) groups is 2. The summed E-state index contributed by atoms with van der Waals surface area (Å²) in [7, 11) is 0. The monoisotopic (exact) mass is 253 g/mol. The predicted octanol–water partition coefficient (Wildman–Crippen LogP) is 0.623. The first-order valence-corrected chi connectivity index (χ1v) is 5.71. The summed E-state index contributed by atoms with van der Waals surface area (Å²) in [6.07, 6.45) is -0.0320. The molecule has 0 radical (unpaired) electrons. The van der Waals surface area contributed by atoms with Gasteiger partial charge in [-0.05, 0) is 11.4 Å². The molecule has 0 saturated carbocycles. The lowest BCUT2D eigenvalue weighted by molar-refractivity contribution is -0.137. The van der Waals surface area contributed by atoms with Crippen molar-refractivity contribution in [3.63, 3.8) is 0 Å². The molecule has 0 fully saturated rings. The van der Waals surface area contributed by atoms with E-state index >= 15 is 0 Å². The van der Waals surface area contributed by atoms with Crippen molar-refractivity contribution in [2.45, 2.75) is 6.42 Å². The smallest absolute Gasteiger partial charge is 0.304 e. The number of amides is 1. The number of hydrogen-bond acceptors (Lipinski definition) is 5. The third-order valence-electron chi connectivity index (χ3n) is 1.84. The second-order valence-corrected chi connectivity index (χ2v) is 4.06. The molecule has 0 bridgehead atoms. The minimum atomic E-state index is -0.914. The highest BCUT2D eigenvalue weighted by Gasteiger charge is 2.07. The molecule has 1 heterocycles. The van der Waals surface area contributed by atoms with Crippen molar-refractivity contribution in [3.05, 3.63) is 17.0 Å². The van der Waals surface area contributed by atoms with E-state index in [1.807, 2.05) is 6.07 Å². The molecular formula is C10H11N3O3S. The van der Waals surface area contributed by atoms with Crippen LogP contribution in [0.3, 0.4) is 0 Å². The van der Waals surface area contributed by atoms with Gasteiger partial charge in [-0.1, -0.05) is 0 Å². The van der Waals surface area contributed by atoms with Crippen LogP contribution in [0, 0.1) is 11.3 Å². The molecule has 90 valence electrons. The highest BCUT2D eigenvalue weighted by molar-refractivity contribution is 7.14. The Labute approximate surface area is 102 Å². The molecule has 0 spiro atoms. The van der Waals surface area contributed by atoms with Gasteiger partial charge in [0.2, 0.25) is 5.91 Å². The van der Waals surface area contributed by atoms with Crippen molar-refractivity contribution >= 4 is 28.2 Å². The van der Waals surface area contributed by atoms with Gasteiger partial charge in [-0.15, -0.1) is 11.3 Å². The average molecular weight is 253 g/mol. The predicted molar refractivity (Wildman–Crippen MR) is 62.8 cm³/mol. The van der Waals surface area contributed by atoms with Crippen molar-refractivity contribution in [2.24, 2.45) is 0 Å². The van der Waals surface area contributed by atoms with Crippen molar-refractivity contribution in [3.8, 4) is 6.07 Å². The Balaban J connectivity index is 2.31. The molecule has 0 aromatic carbocycles. The Kier molecular flexibility index (Phi) is 5.13. The van der Waals surface area contributed by atoms with Crippen LogP contribution in [-0.2, 0) is 9.59 Å². The highest BCUT2D eigenvalue weighted by atomic mass is 32.1. The van der Waals surface area contributed by atoms with Crippen LogP contribution in [0.25, 0.3) is 0 Å². The van der Waals surface area contributed by atoms with E-state index in [2.05, 4.69) is 10.6 Å². The molecule has 0 aliphatic heterocycles. The number of anilines is 1. The van der Waals surface area contributed by atoms with E-state index in [1.165, 1.54) is 11.3 Å². The summed E-state index contributed by atoms with van der Waals surface area (Å²) in [6, 6.07) is 3.58. The van der Waals surface area contributed by atoms with Gasteiger partial charge in [0.05, 0.1) is 18.5 Å². The fourth-order valence-corrected chi connectivity index (χ4v) is 1.82. The molecule has 17 heavy (non-hydrogen) atoms. The summed E-state index contributed by atoms with van der Waals surface area (Å²) in [5.41, 5.74) is 0.425. The number of nitrogens with zero attached hydrogens (tertiary/aromatic N) is 1. The van der Waals surface area contributed by atoms with E-state index in [0.717, 1.165) is 0 Å². The number of carboxylic acids is 1. The Morgan fingerprint density at radius 3 is 2.94 bits per heavy atom. The number of carboxylic acid groups (broad SMARTS) is 1. The molecule has 6 nitrogen and oxygen atoms in total. The van der Waals surface area contributed by atoms with Gasteiger partial charge in [-0.3, -0.25) is 9.59 Å². The first kappa shape index (κ1) is 13.2. The number of thiophene rings is 1. The highest BCUT2D eigenvalue weighted by Crippen LogP contribution is 2.21. The normalized spacial score (nSPS) is 9.59. The lowest BCUT2D eigenvalue weighted by Crippen LogP contribution is -2.29. The van der Waals surface area contributed by atoms with Crippen LogP contribution in [0.1, 0.15) is 12.0 Å². The largest absolute Gasteiger partial charge is 0.481 e. The second-order valence-electron chi connectivity index (χ2n) is 3.14. The average Bonchev–Trinajstić information content (AvgIpc) is 2.71. The molecule has 3 N–H and O–H groups in total. The van der Waals surface area contributed by atoms with Crippen LogP contribution in [0.2, 0.25) is 0 Å². The van der Waals surface area contributed by atoms with Gasteiger partial charge in [0.1, 0.15) is 11.1 Å². The zero-order chi connectivity index (χ0) is 12.7. The fraction of sp³-hybridized carbons (Fsp3) is 0.300. The van der Waals surface area contributed by atoms with Gasteiger partial charge in [-0.2, -0.15) is 5.26 Å². The van der Waals surface area contributed by atoms with E-state index < -0.39 is 5.97 Å². The first-order valence-electron chi connectivity index (χ1n) is 4.83. The summed E-state index contributed by atoms with van der Waals surface area (Å²) in [5, 5.41) is 24.6. The molecule has 0 aliphatic rings. The number of hydrogen-bond donors (Lipinski definition) is 3. The van der Waals surface area contributed by atoms with Gasteiger partial charge in [-0.25, -0.2) is 0 Å². The summed E-state index contributed by atoms with van der Waals surface area (Å²) in [4.78, 5) is 21.6. The fourth-order valence-electron chi connectivity index (χ4n) is 1.06. The minimum absolute atomic E-state index is 0.0239. The van der Waals surface area contributed by atoms with Gasteiger partial charge in [0.25, 0.3) is 0 Å². The molecule has 0 saturated heterocycles. The van der Waals surface area contributed by atoms with Crippen molar-refractivity contribution in [1.82, 2.24) is 5.32 Å². The molecule has 1 aromatic heterocycles. The van der Waals surface area contributed by atoms with E-state index in [4.69, 9.17) is 10.4 Å². The van der Waals surface area contributed by atoms with Crippen LogP contribution >= 0.6 is 11.3 Å². The Hall–Kier alpha value is -1.91. The summed E-state index contributed by atoms with van der Waals surface area (Å²) in [6.45, 7) is 0.258. The van der Waals surface area contributed by atoms with E-state index in [1.54, 1.807) is 11.4 Å². The maximum atomic E-state index is 11.4. The van der Waals surface area contributed by atoms with Crippen LogP contribution in [-0.4, -0.2) is 30.1 Å². The molecule has 7 heteroatoms. The van der Waals surface area contributed by atoms with E-state index in [-0.39, 0.29) is 25.4 Å². The standard InChI is InChI=1S/C10H11N3O3S/c11-5-7-2-4-17-10(7)13-8(14)6-12-3-1-9(15)16/h2,4,12H,1,3,6H2,(H,13,14)(H,15,16). The molecule has 0 unspecified atom stereocenters. The number of aliphatic carboxylic acids is 1. The zero-order valence-electron chi connectivity index (χ0n) is 8.90. The second kappa shape index (κ2) is 6.62. The zero-order valence-corrected chi connectivity index (χ0v) is 9.71. The number of carbonyl (C=O) groups excluding carboxylic acids is 1. The lowest BCUT2D eigenvalue weighted by Gasteiger charge is -2.04. The van der Waals surface area contributed by atoms with Crippen molar-refractivity contribution in [2.75, 3.05) is 18.4 Å². The molecule has 0 atom stereocenters. The summed E-state index contributed by atoms with van der Waals surface area (Å²) >= 11 is 1.27.